The van der Waals surface area contributed by atoms with Crippen molar-refractivity contribution in [3.05, 3.63) is 12.3 Å². The molecule has 0 aromatic carbocycles. The van der Waals surface area contributed by atoms with Crippen molar-refractivity contribution >= 4 is 221 Å². The monoisotopic (exact) mass is 1950 g/mol. The Hall–Kier alpha value is 2.42. The summed E-state index contributed by atoms with van der Waals surface area (Å²) in [6, 6.07) is -0.833. The molecule has 0 radical (unpaired) electrons. The van der Waals surface area contributed by atoms with Crippen molar-refractivity contribution < 1.29 is 276 Å². The van der Waals surface area contributed by atoms with Crippen LogP contribution in [0.2, 0.25) is 0 Å². The Bertz CT molecular complexity index is 2240. The quantitative estimate of drug-likeness (QED) is 0.00691. The molecule has 0 bridgehead atoms. The zero-order valence-corrected chi connectivity index (χ0v) is 81.5. The van der Waals surface area contributed by atoms with Gasteiger partial charge in [-0.25, -0.2) is 4.79 Å². The molecular weight excluding hydrogens is 1850 g/mol. The summed E-state index contributed by atoms with van der Waals surface area (Å²) in [7, 11) is 17.5. The molecule has 0 aliphatic rings. The third kappa shape index (κ3) is 121. The molecule has 0 saturated carbocycles. The Morgan fingerprint density at radius 2 is 0.853 bits per heavy atom. The molecule has 0 saturated heterocycles. The topological polar surface area (TPSA) is 618 Å². The molecular formula is C44H106Br4Li5N13O22P14+2. The third-order valence-electron chi connectivity index (χ3n) is 8.11. The van der Waals surface area contributed by atoms with Gasteiger partial charge in [0.25, 0.3) is 29.5 Å². The fourth-order valence-corrected chi connectivity index (χ4v) is 8.70. The van der Waals surface area contributed by atoms with Gasteiger partial charge in [0, 0.05) is 68.0 Å². The average molecular weight is 1960 g/mol. The summed E-state index contributed by atoms with van der Waals surface area (Å²) in [5, 5.41) is 67.1. The number of hydrogen-bond donors (Lipinski definition) is 16. The van der Waals surface area contributed by atoms with Crippen molar-refractivity contribution in [2.45, 2.75) is 153 Å². The van der Waals surface area contributed by atoms with E-state index in [4.69, 9.17) is 10.5 Å². The average Bonchev–Trinajstić information content (AvgIpc) is 0.895. The summed E-state index contributed by atoms with van der Waals surface area (Å²) in [4.78, 5) is 163. The molecule has 58 heteroatoms. The van der Waals surface area contributed by atoms with E-state index in [2.05, 4.69) is 123 Å². The van der Waals surface area contributed by atoms with Gasteiger partial charge in [-0.15, -0.1) is 8.93 Å². The van der Waals surface area contributed by atoms with Gasteiger partial charge in [0.15, 0.2) is 0 Å². The summed E-state index contributed by atoms with van der Waals surface area (Å²) >= 11 is 0. The largest absolute Gasteiger partial charge is 1.00 e. The molecule has 102 heavy (non-hydrogen) atoms. The maximum absolute atomic E-state index is 11.1. The summed E-state index contributed by atoms with van der Waals surface area (Å²) in [6.07, 6.45) is 2.79. The number of carbonyl (C=O) groups is 15. The van der Waals surface area contributed by atoms with Gasteiger partial charge in [0.2, 0.25) is 70.0 Å². The smallest absolute Gasteiger partial charge is 1.00 e. The number of aliphatic hydroxyl groups is 3. The van der Waals surface area contributed by atoms with Gasteiger partial charge in [-0.2, -0.15) is 4.99 Å². The predicted octanol–water partition coefficient (Wildman–Crippen LogP) is -30.5. The van der Waals surface area contributed by atoms with Crippen LogP contribution >= 0.6 is 121 Å². The molecule has 0 aliphatic heterocycles. The number of carbonyl (C=O) groups excluding carboxylic acids is 15. The van der Waals surface area contributed by atoms with Gasteiger partial charge in [-0.05, 0) is 68.3 Å². The second-order valence-corrected chi connectivity index (χ2v) is 26.4. The van der Waals surface area contributed by atoms with Gasteiger partial charge in [-0.1, -0.05) is 115 Å². The van der Waals surface area contributed by atoms with Crippen molar-refractivity contribution in [1.82, 2.24) is 51.8 Å². The Labute approximate surface area is 730 Å². The molecule has 580 valence electrons. The molecule has 17 atom stereocenters. The Kier molecular flexibility index (Phi) is 181. The van der Waals surface area contributed by atoms with Crippen molar-refractivity contribution in [2.24, 2.45) is 5.73 Å². The van der Waals surface area contributed by atoms with Gasteiger partial charge in [0.05, 0.1) is 18.7 Å². The van der Waals surface area contributed by atoms with Crippen LogP contribution in [-0.4, -0.2) is 162 Å². The summed E-state index contributed by atoms with van der Waals surface area (Å²) in [6.45, 7) is 21.4. The molecule has 23 N–H and O–H groups in total. The van der Waals surface area contributed by atoms with Crippen molar-refractivity contribution in [3.8, 4) is 0 Å². The minimum Gasteiger partial charge on any atom is -1.00 e. The normalized spacial score (nSPS) is 10.5. The maximum atomic E-state index is 11.1. The number of nitrogens with one attached hydrogen (secondary N) is 12. The van der Waals surface area contributed by atoms with Crippen LogP contribution in [0.3, 0.4) is 0 Å². The first-order valence-corrected chi connectivity index (χ1v) is 45.8. The minimum atomic E-state index is -1.82. The molecule has 0 aromatic rings. The molecule has 0 heterocycles. The number of ketones is 3. The van der Waals surface area contributed by atoms with Crippen LogP contribution in [0.15, 0.2) is 12.3 Å². The van der Waals surface area contributed by atoms with Crippen LogP contribution in [0.25, 0.3) is 0 Å². The van der Waals surface area contributed by atoms with E-state index < -0.39 is 58.6 Å². The van der Waals surface area contributed by atoms with Crippen LogP contribution in [0, 0.1) is 5.41 Å². The zero-order valence-electron chi connectivity index (χ0n) is 59.8. The molecule has 0 aliphatic carbocycles. The van der Waals surface area contributed by atoms with Gasteiger partial charge >= 0.3 is 100 Å². The minimum absolute atomic E-state index is 0. The molecule has 0 spiro atoms. The summed E-state index contributed by atoms with van der Waals surface area (Å²) in [5.74, 6) is -5.81. The van der Waals surface area contributed by atoms with E-state index >= 15 is 0 Å². The Morgan fingerprint density at radius 1 is 0.549 bits per heavy atom. The standard InChI is InChI=1S/C7H13NO2P2.3C6H14N2O3P2.C6H12N2O2P2.2C3H7NO2P2.2C3H7NO.CH4.4BrH.5Li.3H2O/c1-3-7(10)8-5(2)6(9)4-12-11;2*1-3-4(9)7-6(2,11)5(10)8-13-12;1-2-5(10)7-4(3-9)6(11)8-13-12;1-3-5(9)7-4(2)6(10)8-12-11;2*1-2(5)3(6)4-8-7;2*1-2-3(4)5;;;;;;;;;;;;;/h12H,3-4,11H2,1-2H3;2*11,13H,3,12H2,1-2H3,(H,7,9)(H,8,10);4,9,13H,2-3,12H2,1H3,(H,7,10)(H,8,11);12H,2-3,11H2,1H3,(H,7,9)(H,8,10);2*8H,7H2,1H3,(H,4,6);2*2H2,1H3,(H2,4,5);1H4;4*1H;;;;;;3*1H2/q;;;;;;;;;;;;;;5*+1;;;/p-3. The number of primary amides is 1. The van der Waals surface area contributed by atoms with Crippen molar-refractivity contribution in [2.75, 3.05) is 12.8 Å². The maximum Gasteiger partial charge on any atom is 1.00 e. The van der Waals surface area contributed by atoms with E-state index in [0.717, 1.165) is 0 Å². The molecule has 0 aromatic heterocycles. The molecule has 35 nitrogen and oxygen atoms in total. The van der Waals surface area contributed by atoms with Crippen LogP contribution in [-0.2, 0) is 71.9 Å². The SMILES string of the molecule is C.C=C(NC(=O)CC)C(=O)NPP.CC(=O)C(=O)NPP.CC(=O)C(=O)NP[PH3+].CCC(=N)[O-].CCC(=O)NC(C)(O)C(=O)NPP.CCC(=O)NC(C)(O)C(=O)NPP.CCC(=O)NC(CO)C(=O)NPP.CCC(=O)[NH+]=C(C)C(=O)CPP.CCC(N)=O.O.O.O.[Br-].[Br-].[Br-].[Br-].[Li+].[Li+].[Li+].[Li+].[Li+]. The van der Waals surface area contributed by atoms with E-state index in [1.165, 1.54) is 27.7 Å². The number of Topliss-reactive ketones (excluding diaryl/α,β-unsaturated/α-hetero) is 3. The van der Waals surface area contributed by atoms with Crippen LogP contribution in [0.1, 0.15) is 135 Å². The first-order valence-electron chi connectivity index (χ1n) is 25.4. The number of halogens is 4. The summed E-state index contributed by atoms with van der Waals surface area (Å²) in [5.41, 5.74) is 1.56. The van der Waals surface area contributed by atoms with Crippen molar-refractivity contribution in [3.63, 3.8) is 0 Å². The van der Waals surface area contributed by atoms with E-state index in [1.54, 1.807) is 64.3 Å². The molecule has 0 fully saturated rings. The van der Waals surface area contributed by atoms with E-state index in [0.29, 0.717) is 60.7 Å². The van der Waals surface area contributed by atoms with Gasteiger partial charge < -0.3 is 163 Å². The second-order valence-electron chi connectivity index (χ2n) is 15.7. The second kappa shape index (κ2) is 112. The number of rotatable bonds is 27. The van der Waals surface area contributed by atoms with Crippen LogP contribution in [0.4, 0.5) is 0 Å². The molecule has 12 amide bonds. The summed E-state index contributed by atoms with van der Waals surface area (Å²) < 4.78 is 0. The fourth-order valence-electron chi connectivity index (χ4n) is 3.23. The predicted molar refractivity (Wildman–Crippen MR) is 405 cm³/mol. The van der Waals surface area contributed by atoms with Crippen LogP contribution in [0.5, 0.6) is 0 Å². The van der Waals surface area contributed by atoms with Crippen LogP contribution < -0.4 is 230 Å². The van der Waals surface area contributed by atoms with E-state index in [9.17, 15) is 87.2 Å². The number of hydrogen-bond acceptors (Lipinski definition) is 20. The third-order valence-corrected chi connectivity index (χ3v) is 14.2. The van der Waals surface area contributed by atoms with Crippen molar-refractivity contribution in [1.29, 1.82) is 5.41 Å². The Morgan fingerprint density at radius 3 is 1.07 bits per heavy atom. The first-order chi connectivity index (χ1) is 41.1. The number of aliphatic hydroxyl groups excluding tert-OH is 1. The van der Waals surface area contributed by atoms with Gasteiger partial charge in [-0.3, -0.25) is 72.2 Å². The van der Waals surface area contributed by atoms with Gasteiger partial charge in [0.1, 0.15) is 14.5 Å². The molecule has 0 rings (SSSR count). The first kappa shape index (κ1) is 164. The Balaban J connectivity index is -0.0000000352. The fraction of sp³-hybridized carbons (Fsp3) is 0.568. The number of nitrogens with two attached hydrogens (primary N) is 1. The molecule has 17 unspecified atom stereocenters. The number of amides is 12. The van der Waals surface area contributed by atoms with E-state index in [1.807, 2.05) is 0 Å². The zero-order chi connectivity index (χ0) is 72.1. The van der Waals surface area contributed by atoms with E-state index in [-0.39, 0.29) is 306 Å².